The van der Waals surface area contributed by atoms with Crippen LogP contribution in [0.3, 0.4) is 0 Å². The summed E-state index contributed by atoms with van der Waals surface area (Å²) < 4.78 is 0. The summed E-state index contributed by atoms with van der Waals surface area (Å²) in [5.41, 5.74) is 0.859. The molecule has 0 aliphatic carbocycles. The summed E-state index contributed by atoms with van der Waals surface area (Å²) in [6.45, 7) is 10.2. The first-order valence-electron chi connectivity index (χ1n) is 7.42. The molecule has 0 aliphatic heterocycles. The van der Waals surface area contributed by atoms with Crippen LogP contribution in [0.1, 0.15) is 39.2 Å². The molecule has 0 radical (unpaired) electrons. The maximum atomic E-state index is 11.4. The lowest BCUT2D eigenvalue weighted by atomic mass is 9.85. The molecule has 0 amide bonds. The highest BCUT2D eigenvalue weighted by Gasteiger charge is 2.21. The van der Waals surface area contributed by atoms with Gasteiger partial charge in [0.25, 0.3) is 0 Å². The normalized spacial score (nSPS) is 13.2. The van der Waals surface area contributed by atoms with Crippen molar-refractivity contribution in [3.8, 4) is 0 Å². The largest absolute Gasteiger partial charge is 0.481 e. The first kappa shape index (κ1) is 16.7. The summed E-state index contributed by atoms with van der Waals surface area (Å²) in [5.74, 6) is 0.524. The molecule has 3 nitrogen and oxygen atoms in total. The third kappa shape index (κ3) is 4.97. The third-order valence-corrected chi connectivity index (χ3v) is 3.94. The van der Waals surface area contributed by atoms with Crippen LogP contribution in [0.25, 0.3) is 0 Å². The van der Waals surface area contributed by atoms with E-state index in [2.05, 4.69) is 33.0 Å². The number of carbonyl (C=O) groups is 1. The molecule has 0 heterocycles. The number of hydrogen-bond donors (Lipinski definition) is 2. The van der Waals surface area contributed by atoms with E-state index in [0.29, 0.717) is 24.3 Å². The number of aliphatic carboxylic acids is 1. The van der Waals surface area contributed by atoms with E-state index in [-0.39, 0.29) is 0 Å². The molecule has 0 aromatic heterocycles. The summed E-state index contributed by atoms with van der Waals surface area (Å²) in [5, 5.41) is 12.7. The van der Waals surface area contributed by atoms with E-state index >= 15 is 0 Å². The predicted octanol–water partition coefficient (Wildman–Crippen LogP) is 3.37. The van der Waals surface area contributed by atoms with E-state index in [9.17, 15) is 9.90 Å². The first-order chi connectivity index (χ1) is 9.43. The van der Waals surface area contributed by atoms with Crippen molar-refractivity contribution in [2.75, 3.05) is 13.1 Å². The van der Waals surface area contributed by atoms with Gasteiger partial charge in [-0.25, -0.2) is 0 Å². The Morgan fingerprint density at radius 2 is 1.60 bits per heavy atom. The quantitative estimate of drug-likeness (QED) is 0.766. The van der Waals surface area contributed by atoms with Crippen LogP contribution in [0.4, 0.5) is 0 Å². The maximum absolute atomic E-state index is 11.4. The highest BCUT2D eigenvalue weighted by Crippen LogP contribution is 2.20. The highest BCUT2D eigenvalue weighted by atomic mass is 16.4. The smallest absolute Gasteiger partial charge is 0.312 e. The van der Waals surface area contributed by atoms with Crippen molar-refractivity contribution in [2.24, 2.45) is 17.8 Å². The molecule has 0 saturated carbocycles. The zero-order valence-corrected chi connectivity index (χ0v) is 13.0. The van der Waals surface area contributed by atoms with Crippen LogP contribution >= 0.6 is 0 Å². The fraction of sp³-hybridized carbons (Fsp3) is 0.588. The number of rotatable bonds is 8. The van der Waals surface area contributed by atoms with E-state index in [4.69, 9.17) is 0 Å². The molecule has 3 heteroatoms. The van der Waals surface area contributed by atoms with Crippen molar-refractivity contribution < 1.29 is 9.90 Å². The van der Waals surface area contributed by atoms with Gasteiger partial charge < -0.3 is 10.4 Å². The van der Waals surface area contributed by atoms with Gasteiger partial charge in [0.05, 0.1) is 5.92 Å². The topological polar surface area (TPSA) is 49.3 Å². The van der Waals surface area contributed by atoms with Crippen LogP contribution in [-0.4, -0.2) is 24.2 Å². The Morgan fingerprint density at radius 1 is 1.05 bits per heavy atom. The van der Waals surface area contributed by atoms with Gasteiger partial charge in [0.15, 0.2) is 0 Å². The predicted molar refractivity (Wildman–Crippen MR) is 82.9 cm³/mol. The lowest BCUT2D eigenvalue weighted by molar-refractivity contribution is -0.138. The van der Waals surface area contributed by atoms with Gasteiger partial charge in [-0.05, 0) is 29.9 Å². The first-order valence-corrected chi connectivity index (χ1v) is 7.42. The van der Waals surface area contributed by atoms with Gasteiger partial charge in [0, 0.05) is 6.54 Å². The van der Waals surface area contributed by atoms with Crippen LogP contribution in [0.2, 0.25) is 0 Å². The van der Waals surface area contributed by atoms with Crippen molar-refractivity contribution in [1.82, 2.24) is 5.32 Å². The molecule has 0 saturated heterocycles. The molecule has 0 aliphatic rings. The Bertz CT molecular complexity index is 393. The Kier molecular flexibility index (Phi) is 6.73. The number of carboxylic acids is 1. The average Bonchev–Trinajstić information content (AvgIpc) is 2.38. The van der Waals surface area contributed by atoms with Crippen molar-refractivity contribution in [2.45, 2.75) is 33.6 Å². The molecule has 1 rings (SSSR count). The SMILES string of the molecule is CC(C)C(CNCC(C(=O)O)c1ccccc1)C(C)C. The Balaban J connectivity index is 2.59. The lowest BCUT2D eigenvalue weighted by Crippen LogP contribution is -2.34. The van der Waals surface area contributed by atoms with E-state index in [1.165, 1.54) is 0 Å². The molecule has 112 valence electrons. The summed E-state index contributed by atoms with van der Waals surface area (Å²) >= 11 is 0. The molecule has 1 unspecified atom stereocenters. The minimum absolute atomic E-state index is 0.476. The molecule has 20 heavy (non-hydrogen) atoms. The standard InChI is InChI=1S/C17H27NO2/c1-12(2)15(13(3)4)10-18-11-16(17(19)20)14-8-6-5-7-9-14/h5-9,12-13,15-16,18H,10-11H2,1-4H3,(H,19,20). The second-order valence-electron chi connectivity index (χ2n) is 6.11. The van der Waals surface area contributed by atoms with Crippen LogP contribution in [0.5, 0.6) is 0 Å². The third-order valence-electron chi connectivity index (χ3n) is 3.94. The second-order valence-corrected chi connectivity index (χ2v) is 6.11. The molecule has 1 aromatic rings. The van der Waals surface area contributed by atoms with Crippen molar-refractivity contribution in [1.29, 1.82) is 0 Å². The Labute approximate surface area is 122 Å². The minimum Gasteiger partial charge on any atom is -0.481 e. The van der Waals surface area contributed by atoms with E-state index in [1.54, 1.807) is 0 Å². The Hall–Kier alpha value is -1.35. The van der Waals surface area contributed by atoms with Crippen LogP contribution in [-0.2, 0) is 4.79 Å². The summed E-state index contributed by atoms with van der Waals surface area (Å²) in [6, 6.07) is 9.43. The van der Waals surface area contributed by atoms with E-state index < -0.39 is 11.9 Å². The van der Waals surface area contributed by atoms with Crippen LogP contribution < -0.4 is 5.32 Å². The van der Waals surface area contributed by atoms with Crippen LogP contribution in [0.15, 0.2) is 30.3 Å². The van der Waals surface area contributed by atoms with Gasteiger partial charge in [0.1, 0.15) is 0 Å². The highest BCUT2D eigenvalue weighted by molar-refractivity contribution is 5.76. The fourth-order valence-electron chi connectivity index (χ4n) is 2.67. The van der Waals surface area contributed by atoms with Gasteiger partial charge in [-0.3, -0.25) is 4.79 Å². The van der Waals surface area contributed by atoms with Crippen molar-refractivity contribution >= 4 is 5.97 Å². The Morgan fingerprint density at radius 3 is 2.05 bits per heavy atom. The van der Waals surface area contributed by atoms with Crippen LogP contribution in [0, 0.1) is 17.8 Å². The molecular weight excluding hydrogens is 250 g/mol. The van der Waals surface area contributed by atoms with E-state index in [0.717, 1.165) is 12.1 Å². The maximum Gasteiger partial charge on any atom is 0.312 e. The monoisotopic (exact) mass is 277 g/mol. The fourth-order valence-corrected chi connectivity index (χ4v) is 2.67. The number of hydrogen-bond acceptors (Lipinski definition) is 2. The number of carboxylic acid groups (broad SMARTS) is 1. The summed E-state index contributed by atoms with van der Waals surface area (Å²) in [4.78, 5) is 11.4. The minimum atomic E-state index is -0.769. The molecule has 0 spiro atoms. The molecule has 0 fully saturated rings. The van der Waals surface area contributed by atoms with Gasteiger partial charge in [-0.15, -0.1) is 0 Å². The molecule has 1 atom stereocenters. The molecule has 0 bridgehead atoms. The van der Waals surface area contributed by atoms with Crippen molar-refractivity contribution in [3.63, 3.8) is 0 Å². The number of benzene rings is 1. The van der Waals surface area contributed by atoms with Gasteiger partial charge in [-0.1, -0.05) is 58.0 Å². The van der Waals surface area contributed by atoms with Crippen molar-refractivity contribution in [3.05, 3.63) is 35.9 Å². The van der Waals surface area contributed by atoms with Gasteiger partial charge >= 0.3 is 5.97 Å². The molecule has 2 N–H and O–H groups in total. The number of nitrogens with one attached hydrogen (secondary N) is 1. The zero-order chi connectivity index (χ0) is 15.1. The molecule has 1 aromatic carbocycles. The van der Waals surface area contributed by atoms with Gasteiger partial charge in [-0.2, -0.15) is 0 Å². The summed E-state index contributed by atoms with van der Waals surface area (Å²) in [7, 11) is 0. The van der Waals surface area contributed by atoms with E-state index in [1.807, 2.05) is 30.3 Å². The average molecular weight is 277 g/mol. The zero-order valence-electron chi connectivity index (χ0n) is 13.0. The van der Waals surface area contributed by atoms with Gasteiger partial charge in [0.2, 0.25) is 0 Å². The lowest BCUT2D eigenvalue weighted by Gasteiger charge is -2.26. The summed E-state index contributed by atoms with van der Waals surface area (Å²) in [6.07, 6.45) is 0. The second kappa shape index (κ2) is 8.05. The molecular formula is C17H27NO2.